The van der Waals surface area contributed by atoms with Crippen molar-refractivity contribution in [2.24, 2.45) is 0 Å². The van der Waals surface area contributed by atoms with Gasteiger partial charge in [0.25, 0.3) is 11.6 Å². The van der Waals surface area contributed by atoms with Gasteiger partial charge in [0.15, 0.2) is 6.61 Å². The summed E-state index contributed by atoms with van der Waals surface area (Å²) in [5.41, 5.74) is 0.306. The van der Waals surface area contributed by atoms with Gasteiger partial charge in [-0.3, -0.25) is 14.8 Å². The Labute approximate surface area is 150 Å². The first-order valence-electron chi connectivity index (χ1n) is 8.24. The van der Waals surface area contributed by atoms with Crippen molar-refractivity contribution in [2.45, 2.75) is 18.6 Å². The highest BCUT2D eigenvalue weighted by atomic mass is 19.4. The Kier molecular flexibility index (Phi) is 4.30. The average Bonchev–Trinajstić information content (AvgIpc) is 3.30. The number of aromatic amines is 1. The van der Waals surface area contributed by atoms with Crippen molar-refractivity contribution in [3.05, 3.63) is 35.1 Å². The van der Waals surface area contributed by atoms with Gasteiger partial charge in [0.05, 0.1) is 11.7 Å². The summed E-state index contributed by atoms with van der Waals surface area (Å²) >= 11 is 0. The molecular weight excluding hydrogens is 365 g/mol. The lowest BCUT2D eigenvalue weighted by molar-refractivity contribution is -0.154. The van der Waals surface area contributed by atoms with Gasteiger partial charge in [-0.15, -0.1) is 0 Å². The number of hydrogen-bond donors (Lipinski definition) is 2. The molecule has 3 aromatic heterocycles. The first-order valence-corrected chi connectivity index (χ1v) is 8.24. The number of halogens is 3. The summed E-state index contributed by atoms with van der Waals surface area (Å²) < 4.78 is 43.7. The Balaban J connectivity index is 1.74. The fourth-order valence-corrected chi connectivity index (χ4v) is 3.00. The molecule has 0 aromatic carbocycles. The second-order valence-corrected chi connectivity index (χ2v) is 6.18. The summed E-state index contributed by atoms with van der Waals surface area (Å²) in [5, 5.41) is 3.45. The molecule has 1 aliphatic rings. The minimum atomic E-state index is -4.54. The van der Waals surface area contributed by atoms with Crippen LogP contribution in [0.1, 0.15) is 12.5 Å². The van der Waals surface area contributed by atoms with Crippen LogP contribution in [0.4, 0.5) is 13.2 Å². The number of H-pyrrole nitrogens is 1. The minimum absolute atomic E-state index is 0.133. The van der Waals surface area contributed by atoms with Gasteiger partial charge in [0, 0.05) is 25.0 Å². The monoisotopic (exact) mass is 380 g/mol. The van der Waals surface area contributed by atoms with E-state index in [9.17, 15) is 18.0 Å². The van der Waals surface area contributed by atoms with Gasteiger partial charge in [-0.2, -0.15) is 18.2 Å². The third kappa shape index (κ3) is 3.63. The van der Waals surface area contributed by atoms with Gasteiger partial charge >= 0.3 is 6.18 Å². The van der Waals surface area contributed by atoms with Crippen LogP contribution in [0.25, 0.3) is 22.3 Å². The third-order valence-electron chi connectivity index (χ3n) is 4.28. The van der Waals surface area contributed by atoms with E-state index in [1.54, 1.807) is 12.5 Å². The molecule has 0 aliphatic carbocycles. The van der Waals surface area contributed by atoms with Crippen molar-refractivity contribution < 1.29 is 17.9 Å². The smallest absolute Gasteiger partial charge is 0.422 e. The Morgan fingerprint density at radius 1 is 1.33 bits per heavy atom. The van der Waals surface area contributed by atoms with Crippen LogP contribution >= 0.6 is 0 Å². The standard InChI is InChI=1S/C16H15F3N6O2/c17-16(18,19)7-27-15-23-12-10(14(26)24-15)2-4-21-13(12)11-6-25(8-22-11)9-1-3-20-5-9/h2,4,6,8-9,20H,1,3,5,7H2,(H,23,24,26). The zero-order chi connectivity index (χ0) is 19.0. The third-order valence-corrected chi connectivity index (χ3v) is 4.28. The predicted molar refractivity (Wildman–Crippen MR) is 89.5 cm³/mol. The number of nitrogens with one attached hydrogen (secondary N) is 2. The summed E-state index contributed by atoms with van der Waals surface area (Å²) in [7, 11) is 0. The van der Waals surface area contributed by atoms with Crippen LogP contribution in [0.5, 0.6) is 6.01 Å². The number of ether oxygens (including phenoxy) is 1. The lowest BCUT2D eigenvalue weighted by Gasteiger charge is -2.09. The van der Waals surface area contributed by atoms with E-state index in [0.717, 1.165) is 19.5 Å². The maximum atomic E-state index is 12.4. The second kappa shape index (κ2) is 6.65. The molecule has 11 heteroatoms. The Bertz CT molecular complexity index is 1020. The lowest BCUT2D eigenvalue weighted by atomic mass is 10.2. The topological polar surface area (TPSA) is 97.7 Å². The van der Waals surface area contributed by atoms with Gasteiger partial charge in [-0.1, -0.05) is 0 Å². The number of nitrogens with zero attached hydrogens (tertiary/aromatic N) is 4. The normalized spacial score (nSPS) is 17.5. The largest absolute Gasteiger partial charge is 0.455 e. The van der Waals surface area contributed by atoms with Crippen molar-refractivity contribution in [1.82, 2.24) is 29.8 Å². The SMILES string of the molecule is O=c1[nH]c(OCC(F)(F)F)nc2c(-c3cn(C4CCNC4)cn3)nccc12. The Hall–Kier alpha value is -2.95. The van der Waals surface area contributed by atoms with E-state index >= 15 is 0 Å². The quantitative estimate of drug-likeness (QED) is 0.715. The van der Waals surface area contributed by atoms with E-state index < -0.39 is 24.4 Å². The van der Waals surface area contributed by atoms with Crippen LogP contribution in [-0.4, -0.2) is 50.4 Å². The molecule has 27 heavy (non-hydrogen) atoms. The van der Waals surface area contributed by atoms with E-state index in [0.29, 0.717) is 11.4 Å². The van der Waals surface area contributed by atoms with Crippen LogP contribution in [0, 0.1) is 0 Å². The first kappa shape index (κ1) is 17.5. The van der Waals surface area contributed by atoms with Gasteiger partial charge in [0.1, 0.15) is 16.9 Å². The van der Waals surface area contributed by atoms with E-state index in [1.807, 2.05) is 4.57 Å². The summed E-state index contributed by atoms with van der Waals surface area (Å²) in [6.07, 6.45) is 1.31. The van der Waals surface area contributed by atoms with Crippen molar-refractivity contribution in [3.8, 4) is 17.4 Å². The van der Waals surface area contributed by atoms with E-state index in [1.165, 1.54) is 12.3 Å². The predicted octanol–water partition coefficient (Wildman–Crippen LogP) is 1.66. The lowest BCUT2D eigenvalue weighted by Crippen LogP contribution is -2.21. The number of rotatable bonds is 4. The molecule has 0 amide bonds. The number of aromatic nitrogens is 5. The maximum Gasteiger partial charge on any atom is 0.422 e. The highest BCUT2D eigenvalue weighted by Crippen LogP contribution is 2.25. The summed E-state index contributed by atoms with van der Waals surface area (Å²) in [5.74, 6) is 0. The zero-order valence-corrected chi connectivity index (χ0v) is 14.0. The molecule has 1 atom stereocenters. The molecule has 1 fully saturated rings. The molecule has 3 aromatic rings. The molecule has 2 N–H and O–H groups in total. The Morgan fingerprint density at radius 3 is 2.93 bits per heavy atom. The van der Waals surface area contributed by atoms with Gasteiger partial charge < -0.3 is 14.6 Å². The Morgan fingerprint density at radius 2 is 2.19 bits per heavy atom. The molecule has 1 saturated heterocycles. The van der Waals surface area contributed by atoms with Crippen LogP contribution in [0.3, 0.4) is 0 Å². The molecule has 0 bridgehead atoms. The van der Waals surface area contributed by atoms with Crippen molar-refractivity contribution in [1.29, 1.82) is 0 Å². The fraction of sp³-hybridized carbons (Fsp3) is 0.375. The molecule has 4 rings (SSSR count). The first-order chi connectivity index (χ1) is 12.9. The molecule has 142 valence electrons. The molecule has 0 spiro atoms. The second-order valence-electron chi connectivity index (χ2n) is 6.18. The van der Waals surface area contributed by atoms with Crippen LogP contribution < -0.4 is 15.6 Å². The number of pyridine rings is 1. The number of alkyl halides is 3. The van der Waals surface area contributed by atoms with Crippen LogP contribution in [-0.2, 0) is 0 Å². The maximum absolute atomic E-state index is 12.4. The molecular formula is C16H15F3N6O2. The molecule has 0 saturated carbocycles. The highest BCUT2D eigenvalue weighted by molar-refractivity contribution is 5.89. The van der Waals surface area contributed by atoms with Gasteiger partial charge in [0.2, 0.25) is 0 Å². The van der Waals surface area contributed by atoms with Gasteiger partial charge in [-0.25, -0.2) is 4.98 Å². The van der Waals surface area contributed by atoms with Crippen molar-refractivity contribution in [2.75, 3.05) is 19.7 Å². The van der Waals surface area contributed by atoms with Crippen LogP contribution in [0.2, 0.25) is 0 Å². The van der Waals surface area contributed by atoms with E-state index in [4.69, 9.17) is 0 Å². The fourth-order valence-electron chi connectivity index (χ4n) is 3.00. The average molecular weight is 380 g/mol. The molecule has 1 unspecified atom stereocenters. The number of fused-ring (bicyclic) bond motifs is 1. The number of hydrogen-bond acceptors (Lipinski definition) is 6. The van der Waals surface area contributed by atoms with Crippen molar-refractivity contribution in [3.63, 3.8) is 0 Å². The highest BCUT2D eigenvalue weighted by Gasteiger charge is 2.29. The molecule has 4 heterocycles. The minimum Gasteiger partial charge on any atom is -0.455 e. The zero-order valence-electron chi connectivity index (χ0n) is 14.0. The summed E-state index contributed by atoms with van der Waals surface area (Å²) in [4.78, 5) is 27.0. The summed E-state index contributed by atoms with van der Waals surface area (Å²) in [6, 6.07) is 1.19. The van der Waals surface area contributed by atoms with Crippen molar-refractivity contribution >= 4 is 10.9 Å². The molecule has 1 aliphatic heterocycles. The van der Waals surface area contributed by atoms with E-state index in [2.05, 4.69) is 30.0 Å². The summed E-state index contributed by atoms with van der Waals surface area (Å²) in [6.45, 7) is 0.188. The van der Waals surface area contributed by atoms with Gasteiger partial charge in [-0.05, 0) is 19.0 Å². The number of imidazole rings is 1. The van der Waals surface area contributed by atoms with Crippen LogP contribution in [0.15, 0.2) is 29.6 Å². The molecule has 8 nitrogen and oxygen atoms in total. The molecule has 0 radical (unpaired) electrons. The van der Waals surface area contributed by atoms with E-state index in [-0.39, 0.29) is 16.9 Å².